The van der Waals surface area contributed by atoms with Crippen molar-refractivity contribution in [3.05, 3.63) is 36.0 Å². The third-order valence-corrected chi connectivity index (χ3v) is 3.09. The smallest absolute Gasteiger partial charge is 0.237 e. The van der Waals surface area contributed by atoms with E-state index < -0.39 is 11.9 Å². The van der Waals surface area contributed by atoms with Gasteiger partial charge in [-0.1, -0.05) is 17.3 Å². The van der Waals surface area contributed by atoms with Gasteiger partial charge in [-0.2, -0.15) is 4.98 Å². The van der Waals surface area contributed by atoms with Gasteiger partial charge in [-0.3, -0.25) is 4.79 Å². The summed E-state index contributed by atoms with van der Waals surface area (Å²) >= 11 is 0. The highest BCUT2D eigenvalue weighted by Gasteiger charge is 2.24. The number of nitrogens with one attached hydrogen (secondary N) is 2. The number of benzene rings is 1. The van der Waals surface area contributed by atoms with Crippen LogP contribution in [0.3, 0.4) is 0 Å². The lowest BCUT2D eigenvalue weighted by Crippen LogP contribution is -2.53. The number of aromatic nitrogens is 2. The lowest BCUT2D eigenvalue weighted by Gasteiger charge is -2.21. The first-order valence-electron chi connectivity index (χ1n) is 6.32. The van der Waals surface area contributed by atoms with Crippen LogP contribution in [0.15, 0.2) is 28.8 Å². The number of carbonyl (C=O) groups is 1. The molecule has 1 saturated heterocycles. The maximum atomic E-state index is 13.6. The molecule has 104 valence electrons. The summed E-state index contributed by atoms with van der Waals surface area (Å²) in [6.07, 6.45) is 0.285. The van der Waals surface area contributed by atoms with E-state index in [4.69, 9.17) is 4.52 Å². The van der Waals surface area contributed by atoms with Crippen LogP contribution in [-0.4, -0.2) is 35.2 Å². The van der Waals surface area contributed by atoms with Crippen LogP contribution in [0, 0.1) is 5.82 Å². The van der Waals surface area contributed by atoms with Gasteiger partial charge in [0.25, 0.3) is 0 Å². The number of hydrogen-bond donors (Lipinski definition) is 2. The molecule has 1 aromatic carbocycles. The third kappa shape index (κ3) is 2.53. The van der Waals surface area contributed by atoms with E-state index in [0.29, 0.717) is 19.0 Å². The number of amides is 1. The molecule has 1 aliphatic heterocycles. The summed E-state index contributed by atoms with van der Waals surface area (Å²) in [5, 5.41) is 9.56. The Bertz CT molecular complexity index is 628. The van der Waals surface area contributed by atoms with E-state index in [2.05, 4.69) is 20.8 Å². The fourth-order valence-electron chi connectivity index (χ4n) is 2.08. The van der Waals surface area contributed by atoms with E-state index in [9.17, 15) is 9.18 Å². The van der Waals surface area contributed by atoms with E-state index in [0.717, 1.165) is 0 Å². The first kappa shape index (κ1) is 12.7. The molecule has 1 unspecified atom stereocenters. The second-order valence-corrected chi connectivity index (χ2v) is 4.49. The largest absolute Gasteiger partial charge is 0.353 e. The molecule has 1 atom stereocenters. The van der Waals surface area contributed by atoms with Crippen molar-refractivity contribution in [3.63, 3.8) is 0 Å². The van der Waals surface area contributed by atoms with E-state index in [1.165, 1.54) is 6.07 Å². The molecule has 0 saturated carbocycles. The molecule has 0 radical (unpaired) electrons. The summed E-state index contributed by atoms with van der Waals surface area (Å²) in [6.45, 7) is 1.31. The van der Waals surface area contributed by atoms with Crippen molar-refractivity contribution < 1.29 is 13.7 Å². The van der Waals surface area contributed by atoms with E-state index in [-0.39, 0.29) is 23.7 Å². The van der Waals surface area contributed by atoms with Gasteiger partial charge in [0, 0.05) is 13.1 Å². The fourth-order valence-corrected chi connectivity index (χ4v) is 2.08. The van der Waals surface area contributed by atoms with Crippen LogP contribution in [-0.2, 0) is 11.2 Å². The molecule has 0 spiro atoms. The van der Waals surface area contributed by atoms with Crippen molar-refractivity contribution in [2.24, 2.45) is 0 Å². The Morgan fingerprint density at radius 2 is 2.20 bits per heavy atom. The zero-order chi connectivity index (χ0) is 13.9. The zero-order valence-corrected chi connectivity index (χ0v) is 10.6. The predicted molar refractivity (Wildman–Crippen MR) is 68.2 cm³/mol. The highest BCUT2D eigenvalue weighted by atomic mass is 19.1. The highest BCUT2D eigenvalue weighted by Crippen LogP contribution is 2.19. The Labute approximate surface area is 114 Å². The molecule has 0 aliphatic carbocycles. The molecule has 1 fully saturated rings. The summed E-state index contributed by atoms with van der Waals surface area (Å²) in [5.74, 6) is -0.0117. The van der Waals surface area contributed by atoms with Crippen molar-refractivity contribution in [2.45, 2.75) is 12.5 Å². The Hall–Kier alpha value is -2.28. The molecule has 7 heteroatoms. The molecule has 3 rings (SSSR count). The number of piperazine rings is 1. The second-order valence-electron chi connectivity index (χ2n) is 4.49. The summed E-state index contributed by atoms with van der Waals surface area (Å²) in [5.41, 5.74) is 0.281. The average Bonchev–Trinajstić information content (AvgIpc) is 2.90. The molecule has 20 heavy (non-hydrogen) atoms. The quantitative estimate of drug-likeness (QED) is 0.853. The van der Waals surface area contributed by atoms with Crippen molar-refractivity contribution in [2.75, 3.05) is 13.1 Å². The summed E-state index contributed by atoms with van der Waals surface area (Å²) in [6, 6.07) is 5.82. The number of halogens is 1. The number of carbonyl (C=O) groups excluding carboxylic acids is 1. The summed E-state index contributed by atoms with van der Waals surface area (Å²) < 4.78 is 18.7. The Kier molecular flexibility index (Phi) is 3.42. The lowest BCUT2D eigenvalue weighted by molar-refractivity contribution is -0.124. The van der Waals surface area contributed by atoms with E-state index in [1.54, 1.807) is 18.2 Å². The molecule has 2 N–H and O–H groups in total. The maximum Gasteiger partial charge on any atom is 0.237 e. The Balaban J connectivity index is 1.77. The zero-order valence-electron chi connectivity index (χ0n) is 10.6. The van der Waals surface area contributed by atoms with Crippen LogP contribution in [0.4, 0.5) is 4.39 Å². The molecule has 1 aliphatic rings. The van der Waals surface area contributed by atoms with Gasteiger partial charge in [-0.25, -0.2) is 4.39 Å². The minimum atomic E-state index is -0.409. The maximum absolute atomic E-state index is 13.6. The van der Waals surface area contributed by atoms with Crippen LogP contribution < -0.4 is 10.6 Å². The Morgan fingerprint density at radius 3 is 3.00 bits per heavy atom. The van der Waals surface area contributed by atoms with Gasteiger partial charge in [0.15, 0.2) is 0 Å². The molecule has 6 nitrogen and oxygen atoms in total. The van der Waals surface area contributed by atoms with Gasteiger partial charge in [-0.05, 0) is 12.1 Å². The highest BCUT2D eigenvalue weighted by molar-refractivity contribution is 5.82. The summed E-state index contributed by atoms with van der Waals surface area (Å²) in [7, 11) is 0. The van der Waals surface area contributed by atoms with Gasteiger partial charge in [0.05, 0.1) is 18.0 Å². The van der Waals surface area contributed by atoms with Crippen molar-refractivity contribution in [3.8, 4) is 11.4 Å². The first-order valence-corrected chi connectivity index (χ1v) is 6.32. The molecule has 2 aromatic rings. The van der Waals surface area contributed by atoms with Gasteiger partial charge < -0.3 is 15.2 Å². The molecule has 0 bridgehead atoms. The number of hydrogen-bond acceptors (Lipinski definition) is 5. The van der Waals surface area contributed by atoms with Crippen LogP contribution in [0.2, 0.25) is 0 Å². The molecule has 2 heterocycles. The van der Waals surface area contributed by atoms with Crippen molar-refractivity contribution in [1.82, 2.24) is 20.8 Å². The third-order valence-electron chi connectivity index (χ3n) is 3.09. The first-order chi connectivity index (χ1) is 9.74. The monoisotopic (exact) mass is 276 g/mol. The van der Waals surface area contributed by atoms with Gasteiger partial charge in [0.1, 0.15) is 5.82 Å². The van der Waals surface area contributed by atoms with Gasteiger partial charge in [0.2, 0.25) is 17.6 Å². The Morgan fingerprint density at radius 1 is 1.35 bits per heavy atom. The lowest BCUT2D eigenvalue weighted by atomic mass is 10.1. The fraction of sp³-hybridized carbons (Fsp3) is 0.308. The van der Waals surface area contributed by atoms with Gasteiger partial charge >= 0.3 is 0 Å². The molecular formula is C13H13FN4O2. The van der Waals surface area contributed by atoms with Crippen LogP contribution in [0.25, 0.3) is 11.4 Å². The SMILES string of the molecule is O=C1NCCNC1Cc1nc(-c2ccccc2F)no1. The number of nitrogens with zero attached hydrogens (tertiary/aromatic N) is 2. The minimum absolute atomic E-state index is 0.0955. The average molecular weight is 276 g/mol. The number of rotatable bonds is 3. The predicted octanol–water partition coefficient (Wildman–Crippen LogP) is 0.506. The van der Waals surface area contributed by atoms with Crippen LogP contribution >= 0.6 is 0 Å². The standard InChI is InChI=1S/C13H13FN4O2/c14-9-4-2-1-3-8(9)12-17-11(20-18-12)7-10-13(19)16-6-5-15-10/h1-4,10,15H,5-7H2,(H,16,19). The second kappa shape index (κ2) is 5.38. The van der Waals surface area contributed by atoms with E-state index >= 15 is 0 Å². The van der Waals surface area contributed by atoms with Gasteiger partial charge in [-0.15, -0.1) is 0 Å². The van der Waals surface area contributed by atoms with E-state index in [1.807, 2.05) is 0 Å². The summed E-state index contributed by atoms with van der Waals surface area (Å²) in [4.78, 5) is 15.7. The normalized spacial score (nSPS) is 18.9. The van der Waals surface area contributed by atoms with Crippen LogP contribution in [0.5, 0.6) is 0 Å². The van der Waals surface area contributed by atoms with Crippen molar-refractivity contribution in [1.29, 1.82) is 0 Å². The topological polar surface area (TPSA) is 80.0 Å². The van der Waals surface area contributed by atoms with Crippen molar-refractivity contribution >= 4 is 5.91 Å². The molecule has 1 amide bonds. The minimum Gasteiger partial charge on any atom is -0.353 e. The van der Waals surface area contributed by atoms with Crippen LogP contribution in [0.1, 0.15) is 5.89 Å². The molecule has 1 aromatic heterocycles. The molecular weight excluding hydrogens is 263 g/mol.